The first-order chi connectivity index (χ1) is 10.1. The van der Waals surface area contributed by atoms with Gasteiger partial charge in [0.25, 0.3) is 0 Å². The topological polar surface area (TPSA) is 43.8 Å². The Labute approximate surface area is 129 Å². The monoisotopic (exact) mass is 304 g/mol. The molecule has 2 atom stereocenters. The van der Waals surface area contributed by atoms with Gasteiger partial charge in [0, 0.05) is 36.3 Å². The summed E-state index contributed by atoms with van der Waals surface area (Å²) in [6, 6.07) is 8.09. The van der Waals surface area contributed by atoms with E-state index in [2.05, 4.69) is 16.7 Å². The molecule has 110 valence electrons. The van der Waals surface area contributed by atoms with Gasteiger partial charge in [0.15, 0.2) is 0 Å². The maximum Gasteiger partial charge on any atom is 0.407 e. The predicted octanol–water partition coefficient (Wildman–Crippen LogP) is 2.52. The number of halogens is 1. The van der Waals surface area contributed by atoms with Crippen LogP contribution < -0.4 is 0 Å². The summed E-state index contributed by atoms with van der Waals surface area (Å²) in [5.74, 6) is 6.51. The molecule has 2 fully saturated rings. The van der Waals surface area contributed by atoms with Crippen molar-refractivity contribution in [2.24, 2.45) is 0 Å². The van der Waals surface area contributed by atoms with E-state index < -0.39 is 6.09 Å². The minimum Gasteiger partial charge on any atom is -0.465 e. The Morgan fingerprint density at radius 2 is 2.19 bits per heavy atom. The summed E-state index contributed by atoms with van der Waals surface area (Å²) in [6.07, 6.45) is 1.20. The van der Waals surface area contributed by atoms with Crippen LogP contribution >= 0.6 is 11.6 Å². The molecule has 0 radical (unpaired) electrons. The van der Waals surface area contributed by atoms with Gasteiger partial charge in [-0.2, -0.15) is 0 Å². The maximum absolute atomic E-state index is 11.0. The van der Waals surface area contributed by atoms with Gasteiger partial charge in [-0.15, -0.1) is 0 Å². The van der Waals surface area contributed by atoms with Gasteiger partial charge in [0.05, 0.1) is 6.04 Å². The van der Waals surface area contributed by atoms with Gasteiger partial charge in [-0.1, -0.05) is 29.5 Å². The highest BCUT2D eigenvalue weighted by Gasteiger charge is 2.37. The fourth-order valence-electron chi connectivity index (χ4n) is 3.11. The van der Waals surface area contributed by atoms with E-state index in [1.807, 2.05) is 24.3 Å². The van der Waals surface area contributed by atoms with Crippen LogP contribution in [0.4, 0.5) is 4.79 Å². The third-order valence-electron chi connectivity index (χ3n) is 4.18. The van der Waals surface area contributed by atoms with E-state index in [1.165, 1.54) is 4.90 Å². The molecule has 0 saturated carbocycles. The molecule has 2 unspecified atom stereocenters. The van der Waals surface area contributed by atoms with Gasteiger partial charge in [0.2, 0.25) is 0 Å². The van der Waals surface area contributed by atoms with Gasteiger partial charge in [-0.05, 0) is 31.0 Å². The summed E-state index contributed by atoms with van der Waals surface area (Å²) in [5.41, 5.74) is 0.926. The van der Waals surface area contributed by atoms with Gasteiger partial charge in [-0.3, -0.25) is 4.90 Å². The van der Waals surface area contributed by atoms with Crippen LogP contribution in [-0.4, -0.2) is 52.7 Å². The predicted molar refractivity (Wildman–Crippen MR) is 81.4 cm³/mol. The molecule has 1 amide bonds. The van der Waals surface area contributed by atoms with E-state index in [9.17, 15) is 4.79 Å². The van der Waals surface area contributed by atoms with Gasteiger partial charge >= 0.3 is 6.09 Å². The summed E-state index contributed by atoms with van der Waals surface area (Å²) in [4.78, 5) is 14.9. The Hall–Kier alpha value is -1.70. The molecule has 2 aliphatic heterocycles. The van der Waals surface area contributed by atoms with Crippen LogP contribution in [0.1, 0.15) is 18.4 Å². The second-order valence-corrected chi connectivity index (χ2v) is 5.93. The van der Waals surface area contributed by atoms with Crippen molar-refractivity contribution in [3.63, 3.8) is 0 Å². The molecule has 0 aromatic heterocycles. The largest absolute Gasteiger partial charge is 0.465 e. The second kappa shape index (κ2) is 5.97. The standard InChI is InChI=1S/C16H17ClN2O2/c17-13-3-1-2-12(10-13)4-5-14-6-7-15-11-18(16(20)21)8-9-19(14)15/h1-3,10,14-15H,6-9,11H2,(H,20,21). The van der Waals surface area contributed by atoms with Crippen LogP contribution in [0.5, 0.6) is 0 Å². The molecular weight excluding hydrogens is 288 g/mol. The van der Waals surface area contributed by atoms with Crippen molar-refractivity contribution in [2.75, 3.05) is 19.6 Å². The van der Waals surface area contributed by atoms with Crippen molar-refractivity contribution in [3.05, 3.63) is 34.9 Å². The number of carboxylic acid groups (broad SMARTS) is 1. The summed E-state index contributed by atoms with van der Waals surface area (Å²) < 4.78 is 0. The Kier molecular flexibility index (Phi) is 4.05. The lowest BCUT2D eigenvalue weighted by Gasteiger charge is -2.37. The molecule has 4 nitrogen and oxygen atoms in total. The number of hydrogen-bond donors (Lipinski definition) is 1. The molecule has 1 N–H and O–H groups in total. The van der Waals surface area contributed by atoms with Crippen LogP contribution in [0, 0.1) is 11.8 Å². The number of amides is 1. The summed E-state index contributed by atoms with van der Waals surface area (Å²) in [6.45, 7) is 1.94. The SMILES string of the molecule is O=C(O)N1CCN2C(C#Cc3cccc(Cl)c3)CCC2C1. The smallest absolute Gasteiger partial charge is 0.407 e. The number of rotatable bonds is 0. The van der Waals surface area contributed by atoms with Gasteiger partial charge in [0.1, 0.15) is 0 Å². The molecule has 5 heteroatoms. The number of nitrogens with zero attached hydrogens (tertiary/aromatic N) is 2. The minimum absolute atomic E-state index is 0.227. The highest BCUT2D eigenvalue weighted by molar-refractivity contribution is 6.30. The molecule has 1 aromatic rings. The van der Waals surface area contributed by atoms with E-state index in [0.717, 1.165) is 24.9 Å². The van der Waals surface area contributed by atoms with E-state index in [1.54, 1.807) is 0 Å². The quantitative estimate of drug-likeness (QED) is 0.749. The van der Waals surface area contributed by atoms with E-state index in [-0.39, 0.29) is 6.04 Å². The first-order valence-corrected chi connectivity index (χ1v) is 7.52. The minimum atomic E-state index is -0.817. The highest BCUT2D eigenvalue weighted by Crippen LogP contribution is 2.27. The molecular formula is C16H17ClN2O2. The van der Waals surface area contributed by atoms with Crippen molar-refractivity contribution < 1.29 is 9.90 Å². The summed E-state index contributed by atoms with van der Waals surface area (Å²) >= 11 is 5.96. The first-order valence-electron chi connectivity index (χ1n) is 7.14. The molecule has 3 rings (SSSR count). The van der Waals surface area contributed by atoms with Crippen molar-refractivity contribution in [3.8, 4) is 11.8 Å². The zero-order valence-electron chi connectivity index (χ0n) is 11.6. The number of fused-ring (bicyclic) bond motifs is 1. The Balaban J connectivity index is 1.68. The molecule has 1 aromatic carbocycles. The number of hydrogen-bond acceptors (Lipinski definition) is 2. The molecule has 2 aliphatic rings. The van der Waals surface area contributed by atoms with E-state index >= 15 is 0 Å². The molecule has 2 heterocycles. The zero-order chi connectivity index (χ0) is 14.8. The highest BCUT2D eigenvalue weighted by atomic mass is 35.5. The molecule has 0 aliphatic carbocycles. The number of benzene rings is 1. The third-order valence-corrected chi connectivity index (χ3v) is 4.42. The third kappa shape index (κ3) is 3.15. The van der Waals surface area contributed by atoms with Crippen LogP contribution in [0.25, 0.3) is 0 Å². The van der Waals surface area contributed by atoms with Crippen LogP contribution in [0.2, 0.25) is 5.02 Å². The molecule has 0 spiro atoms. The fraction of sp³-hybridized carbons (Fsp3) is 0.438. The normalized spacial score (nSPS) is 25.1. The van der Waals surface area contributed by atoms with Crippen LogP contribution in [-0.2, 0) is 0 Å². The van der Waals surface area contributed by atoms with Crippen LogP contribution in [0.3, 0.4) is 0 Å². The Morgan fingerprint density at radius 1 is 1.33 bits per heavy atom. The Morgan fingerprint density at radius 3 is 2.95 bits per heavy atom. The molecule has 2 saturated heterocycles. The van der Waals surface area contributed by atoms with E-state index in [0.29, 0.717) is 24.2 Å². The number of piperazine rings is 1. The van der Waals surface area contributed by atoms with Crippen molar-refractivity contribution in [2.45, 2.75) is 24.9 Å². The molecule has 21 heavy (non-hydrogen) atoms. The van der Waals surface area contributed by atoms with Crippen molar-refractivity contribution in [1.29, 1.82) is 0 Å². The average Bonchev–Trinajstić information content (AvgIpc) is 2.87. The summed E-state index contributed by atoms with van der Waals surface area (Å²) in [5, 5.41) is 9.76. The summed E-state index contributed by atoms with van der Waals surface area (Å²) in [7, 11) is 0. The lowest BCUT2D eigenvalue weighted by Crippen LogP contribution is -2.53. The first kappa shape index (κ1) is 14.2. The lowest BCUT2D eigenvalue weighted by atomic mass is 10.1. The molecule has 0 bridgehead atoms. The van der Waals surface area contributed by atoms with Crippen molar-refractivity contribution >= 4 is 17.7 Å². The Bertz CT molecular complexity index is 608. The zero-order valence-corrected chi connectivity index (χ0v) is 12.4. The second-order valence-electron chi connectivity index (χ2n) is 5.49. The number of carbonyl (C=O) groups is 1. The average molecular weight is 305 g/mol. The lowest BCUT2D eigenvalue weighted by molar-refractivity contribution is 0.0807. The van der Waals surface area contributed by atoms with Crippen molar-refractivity contribution in [1.82, 2.24) is 9.80 Å². The van der Waals surface area contributed by atoms with Crippen LogP contribution in [0.15, 0.2) is 24.3 Å². The van der Waals surface area contributed by atoms with E-state index in [4.69, 9.17) is 16.7 Å². The fourth-order valence-corrected chi connectivity index (χ4v) is 3.30. The van der Waals surface area contributed by atoms with Gasteiger partial charge in [-0.25, -0.2) is 4.79 Å². The van der Waals surface area contributed by atoms with Gasteiger partial charge < -0.3 is 10.0 Å². The maximum atomic E-state index is 11.0.